The highest BCUT2D eigenvalue weighted by atomic mass is 35.5. The Morgan fingerprint density at radius 3 is 2.72 bits per heavy atom. The zero-order valence-corrected chi connectivity index (χ0v) is 10.6. The summed E-state index contributed by atoms with van der Waals surface area (Å²) < 4.78 is 37.8. The van der Waals surface area contributed by atoms with Gasteiger partial charge in [-0.2, -0.15) is 13.2 Å². The lowest BCUT2D eigenvalue weighted by Gasteiger charge is -2.18. The lowest BCUT2D eigenvalue weighted by Crippen LogP contribution is -2.22. The molecule has 3 nitrogen and oxygen atoms in total. The Labute approximate surface area is 108 Å². The molecule has 1 unspecified atom stereocenters. The molecule has 1 aromatic heterocycles. The standard InChI is InChI=1S/C11H13ClF3N3/c1-2-7-3-4-18(6-7)9-5-8(11(13,14)15)16-10(12)17-9/h5,7H,2-4,6H2,1H3. The van der Waals surface area contributed by atoms with Gasteiger partial charge in [-0.05, 0) is 23.9 Å². The summed E-state index contributed by atoms with van der Waals surface area (Å²) in [7, 11) is 0. The zero-order chi connectivity index (χ0) is 13.3. The zero-order valence-electron chi connectivity index (χ0n) is 9.84. The maximum Gasteiger partial charge on any atom is 0.433 e. The monoisotopic (exact) mass is 279 g/mol. The van der Waals surface area contributed by atoms with Crippen molar-refractivity contribution in [3.8, 4) is 0 Å². The largest absolute Gasteiger partial charge is 0.433 e. The van der Waals surface area contributed by atoms with Crippen LogP contribution < -0.4 is 4.90 Å². The molecule has 1 atom stereocenters. The van der Waals surface area contributed by atoms with E-state index in [2.05, 4.69) is 16.9 Å². The predicted octanol–water partition coefficient (Wildman–Crippen LogP) is 3.39. The first-order valence-electron chi connectivity index (χ1n) is 5.77. The van der Waals surface area contributed by atoms with Crippen LogP contribution in [0.25, 0.3) is 0 Å². The van der Waals surface area contributed by atoms with Crippen molar-refractivity contribution in [2.45, 2.75) is 25.9 Å². The number of anilines is 1. The van der Waals surface area contributed by atoms with E-state index in [-0.39, 0.29) is 11.1 Å². The molecule has 1 fully saturated rings. The van der Waals surface area contributed by atoms with E-state index in [0.717, 1.165) is 25.5 Å². The Balaban J connectivity index is 2.26. The van der Waals surface area contributed by atoms with Gasteiger partial charge in [-0.1, -0.05) is 13.3 Å². The van der Waals surface area contributed by atoms with Gasteiger partial charge in [0.1, 0.15) is 5.82 Å². The summed E-state index contributed by atoms with van der Waals surface area (Å²) in [4.78, 5) is 8.93. The van der Waals surface area contributed by atoms with Crippen molar-refractivity contribution in [3.05, 3.63) is 17.0 Å². The molecule has 0 aliphatic carbocycles. The third-order valence-corrected chi connectivity index (χ3v) is 3.33. The Morgan fingerprint density at radius 1 is 1.44 bits per heavy atom. The molecule has 1 aromatic rings. The van der Waals surface area contributed by atoms with Crippen LogP contribution in [0.5, 0.6) is 0 Å². The molecule has 7 heteroatoms. The third kappa shape index (κ3) is 2.85. The van der Waals surface area contributed by atoms with Crippen LogP contribution in [0, 0.1) is 5.92 Å². The molecule has 1 aliphatic rings. The molecule has 2 heterocycles. The molecule has 100 valence electrons. The van der Waals surface area contributed by atoms with Gasteiger partial charge in [0.25, 0.3) is 0 Å². The van der Waals surface area contributed by atoms with Crippen molar-refractivity contribution in [1.82, 2.24) is 9.97 Å². The molecular weight excluding hydrogens is 267 g/mol. The summed E-state index contributed by atoms with van der Waals surface area (Å²) >= 11 is 5.56. The van der Waals surface area contributed by atoms with Gasteiger partial charge in [0.05, 0.1) is 0 Å². The van der Waals surface area contributed by atoms with Gasteiger partial charge in [0.2, 0.25) is 5.28 Å². The highest BCUT2D eigenvalue weighted by Crippen LogP contribution is 2.32. The van der Waals surface area contributed by atoms with Crippen molar-refractivity contribution in [1.29, 1.82) is 0 Å². The number of hydrogen-bond acceptors (Lipinski definition) is 3. The van der Waals surface area contributed by atoms with Gasteiger partial charge in [-0.25, -0.2) is 9.97 Å². The minimum absolute atomic E-state index is 0.262. The van der Waals surface area contributed by atoms with Gasteiger partial charge >= 0.3 is 6.18 Å². The van der Waals surface area contributed by atoms with Crippen molar-refractivity contribution in [2.24, 2.45) is 5.92 Å². The number of aromatic nitrogens is 2. The first-order chi connectivity index (χ1) is 8.40. The normalized spacial score (nSPS) is 20.5. The summed E-state index contributed by atoms with van der Waals surface area (Å²) in [6, 6.07) is 0.962. The molecule has 0 spiro atoms. The lowest BCUT2D eigenvalue weighted by atomic mass is 10.1. The van der Waals surface area contributed by atoms with E-state index in [1.807, 2.05) is 4.90 Å². The second-order valence-corrected chi connectivity index (χ2v) is 4.73. The van der Waals surface area contributed by atoms with Crippen molar-refractivity contribution < 1.29 is 13.2 Å². The minimum atomic E-state index is -4.49. The number of nitrogens with zero attached hydrogens (tertiary/aromatic N) is 3. The highest BCUT2D eigenvalue weighted by Gasteiger charge is 2.34. The van der Waals surface area contributed by atoms with Crippen LogP contribution in [0.4, 0.5) is 19.0 Å². The molecule has 0 bridgehead atoms. The Hall–Kier alpha value is -1.04. The second-order valence-electron chi connectivity index (χ2n) is 4.39. The molecule has 1 saturated heterocycles. The van der Waals surface area contributed by atoms with Crippen molar-refractivity contribution in [3.63, 3.8) is 0 Å². The fourth-order valence-corrected chi connectivity index (χ4v) is 2.26. The smallest absolute Gasteiger partial charge is 0.356 e. The van der Waals surface area contributed by atoms with Crippen LogP contribution in [0.1, 0.15) is 25.5 Å². The highest BCUT2D eigenvalue weighted by molar-refractivity contribution is 6.28. The van der Waals surface area contributed by atoms with Gasteiger partial charge in [0.15, 0.2) is 5.69 Å². The first kappa shape index (κ1) is 13.4. The fraction of sp³-hybridized carbons (Fsp3) is 0.636. The lowest BCUT2D eigenvalue weighted by molar-refractivity contribution is -0.141. The first-order valence-corrected chi connectivity index (χ1v) is 6.14. The van der Waals surface area contributed by atoms with E-state index in [1.165, 1.54) is 0 Å². The topological polar surface area (TPSA) is 29.0 Å². The van der Waals surface area contributed by atoms with Crippen molar-refractivity contribution in [2.75, 3.05) is 18.0 Å². The SMILES string of the molecule is CCC1CCN(c2cc(C(F)(F)F)nc(Cl)n2)C1. The number of halogens is 4. The van der Waals surface area contributed by atoms with E-state index in [1.54, 1.807) is 0 Å². The summed E-state index contributed by atoms with van der Waals surface area (Å²) in [6.45, 7) is 3.51. The molecule has 2 rings (SSSR count). The summed E-state index contributed by atoms with van der Waals surface area (Å²) in [5, 5.41) is -0.361. The van der Waals surface area contributed by atoms with E-state index in [4.69, 9.17) is 11.6 Å². The molecular formula is C11H13ClF3N3. The van der Waals surface area contributed by atoms with E-state index < -0.39 is 11.9 Å². The third-order valence-electron chi connectivity index (χ3n) is 3.16. The van der Waals surface area contributed by atoms with Crippen LogP contribution in [0.15, 0.2) is 6.07 Å². The molecule has 0 N–H and O–H groups in total. The van der Waals surface area contributed by atoms with Gasteiger partial charge in [-0.3, -0.25) is 0 Å². The summed E-state index contributed by atoms with van der Waals surface area (Å²) in [5.41, 5.74) is -0.988. The Morgan fingerprint density at radius 2 is 2.17 bits per heavy atom. The summed E-state index contributed by atoms with van der Waals surface area (Å²) in [6.07, 6.45) is -2.51. The average molecular weight is 280 g/mol. The fourth-order valence-electron chi connectivity index (χ4n) is 2.09. The van der Waals surface area contributed by atoms with E-state index >= 15 is 0 Å². The Bertz CT molecular complexity index is 436. The maximum atomic E-state index is 12.6. The predicted molar refractivity (Wildman–Crippen MR) is 62.7 cm³/mol. The van der Waals surface area contributed by atoms with Crippen LogP contribution >= 0.6 is 11.6 Å². The summed E-state index contributed by atoms with van der Waals surface area (Å²) in [5.74, 6) is 0.770. The molecule has 0 saturated carbocycles. The molecule has 18 heavy (non-hydrogen) atoms. The van der Waals surface area contributed by atoms with Crippen LogP contribution in [0.3, 0.4) is 0 Å². The minimum Gasteiger partial charge on any atom is -0.356 e. The van der Waals surface area contributed by atoms with Crippen molar-refractivity contribution >= 4 is 17.4 Å². The number of rotatable bonds is 2. The number of alkyl halides is 3. The average Bonchev–Trinajstić information content (AvgIpc) is 2.75. The van der Waals surface area contributed by atoms with Gasteiger partial charge in [0, 0.05) is 19.2 Å². The maximum absolute atomic E-state index is 12.6. The molecule has 0 amide bonds. The van der Waals surface area contributed by atoms with Crippen LogP contribution in [0.2, 0.25) is 5.28 Å². The van der Waals surface area contributed by atoms with Crippen LogP contribution in [-0.2, 0) is 6.18 Å². The van der Waals surface area contributed by atoms with Gasteiger partial charge < -0.3 is 4.90 Å². The molecule has 1 aliphatic heterocycles. The number of hydrogen-bond donors (Lipinski definition) is 0. The van der Waals surface area contributed by atoms with Crippen LogP contribution in [-0.4, -0.2) is 23.1 Å². The second kappa shape index (κ2) is 4.91. The Kier molecular flexibility index (Phi) is 3.66. The molecule has 0 radical (unpaired) electrons. The van der Waals surface area contributed by atoms with E-state index in [0.29, 0.717) is 12.5 Å². The molecule has 0 aromatic carbocycles. The van der Waals surface area contributed by atoms with E-state index in [9.17, 15) is 13.2 Å². The quantitative estimate of drug-likeness (QED) is 0.777. The van der Waals surface area contributed by atoms with Gasteiger partial charge in [-0.15, -0.1) is 0 Å².